The van der Waals surface area contributed by atoms with E-state index in [1.165, 1.54) is 0 Å². The van der Waals surface area contributed by atoms with Gasteiger partial charge in [-0.3, -0.25) is 15.0 Å². The van der Waals surface area contributed by atoms with E-state index in [0.29, 0.717) is 6.42 Å². The molecule has 0 unspecified atom stereocenters. The van der Waals surface area contributed by atoms with Gasteiger partial charge in [0.25, 0.3) is 0 Å². The first-order valence-corrected chi connectivity index (χ1v) is 13.1. The molecule has 0 aliphatic carbocycles. The van der Waals surface area contributed by atoms with Gasteiger partial charge in [-0.05, 0) is 73.9 Å². The third-order valence-electron chi connectivity index (χ3n) is 6.43. The summed E-state index contributed by atoms with van der Waals surface area (Å²) in [5, 5.41) is 7.76. The standard InChI is InChI=1S/C32H36N6/c1-6-9-11-22(4)36-25(8-3)18-23(7-2)28-13-14-30(33-5)31(38-28)20-26-19-27-29(37-26)15-17-35-32(27)24-12-10-16-34-21-24/h7-8,10,12-19,21,33,36-37H,3-4,6,9,11,20H2,1-2,5H3/b23-7+,25-18+. The summed E-state index contributed by atoms with van der Waals surface area (Å²) in [7, 11) is 1.92. The van der Waals surface area contributed by atoms with Crippen LogP contribution in [0.15, 0.2) is 97.8 Å². The zero-order valence-corrected chi connectivity index (χ0v) is 22.5. The van der Waals surface area contributed by atoms with Crippen molar-refractivity contribution in [2.45, 2.75) is 39.5 Å². The van der Waals surface area contributed by atoms with Crippen LogP contribution < -0.4 is 10.6 Å². The van der Waals surface area contributed by atoms with E-state index in [0.717, 1.165) is 81.2 Å². The fourth-order valence-corrected chi connectivity index (χ4v) is 4.42. The molecule has 194 valence electrons. The van der Waals surface area contributed by atoms with Crippen molar-refractivity contribution in [2.75, 3.05) is 12.4 Å². The van der Waals surface area contributed by atoms with E-state index in [-0.39, 0.29) is 0 Å². The zero-order valence-electron chi connectivity index (χ0n) is 22.5. The minimum absolute atomic E-state index is 0.645. The summed E-state index contributed by atoms with van der Waals surface area (Å²) in [6.07, 6.45) is 15.2. The largest absolute Gasteiger partial charge is 0.387 e. The average Bonchev–Trinajstić information content (AvgIpc) is 3.37. The highest BCUT2D eigenvalue weighted by molar-refractivity contribution is 5.93. The molecule has 6 nitrogen and oxygen atoms in total. The van der Waals surface area contributed by atoms with Crippen molar-refractivity contribution in [2.24, 2.45) is 0 Å². The van der Waals surface area contributed by atoms with Crippen LogP contribution in [0.2, 0.25) is 0 Å². The molecule has 6 heteroatoms. The maximum Gasteiger partial charge on any atom is 0.0811 e. The highest BCUT2D eigenvalue weighted by atomic mass is 14.9. The molecule has 4 rings (SSSR count). The summed E-state index contributed by atoms with van der Waals surface area (Å²) in [6, 6.07) is 12.3. The molecule has 4 heterocycles. The Morgan fingerprint density at radius 2 is 2.03 bits per heavy atom. The molecule has 3 N–H and O–H groups in total. The van der Waals surface area contributed by atoms with Crippen molar-refractivity contribution in [3.05, 3.63) is 115 Å². The fourth-order valence-electron chi connectivity index (χ4n) is 4.42. The summed E-state index contributed by atoms with van der Waals surface area (Å²) in [4.78, 5) is 17.5. The second kappa shape index (κ2) is 12.7. The smallest absolute Gasteiger partial charge is 0.0811 e. The number of nitrogens with zero attached hydrogens (tertiary/aromatic N) is 3. The molecule has 0 saturated heterocycles. The molecule has 0 radical (unpaired) electrons. The number of rotatable bonds is 12. The van der Waals surface area contributed by atoms with Crippen molar-refractivity contribution < 1.29 is 0 Å². The van der Waals surface area contributed by atoms with Crippen molar-refractivity contribution >= 4 is 22.2 Å². The highest BCUT2D eigenvalue weighted by Gasteiger charge is 2.13. The summed E-state index contributed by atoms with van der Waals surface area (Å²) in [5.74, 6) is 0. The van der Waals surface area contributed by atoms with Crippen LogP contribution in [0.5, 0.6) is 0 Å². The molecule has 0 amide bonds. The lowest BCUT2D eigenvalue weighted by molar-refractivity contribution is 0.751. The van der Waals surface area contributed by atoms with Crippen molar-refractivity contribution in [1.82, 2.24) is 25.3 Å². The number of unbranched alkanes of at least 4 members (excludes halogenated alkanes) is 1. The normalized spacial score (nSPS) is 12.0. The van der Waals surface area contributed by atoms with Crippen LogP contribution in [0.25, 0.3) is 27.7 Å². The number of pyridine rings is 3. The van der Waals surface area contributed by atoms with Gasteiger partial charge in [0.2, 0.25) is 0 Å². The number of aromatic nitrogens is 4. The van der Waals surface area contributed by atoms with E-state index < -0.39 is 0 Å². The van der Waals surface area contributed by atoms with Gasteiger partial charge in [-0.2, -0.15) is 0 Å². The van der Waals surface area contributed by atoms with E-state index in [1.54, 1.807) is 6.20 Å². The summed E-state index contributed by atoms with van der Waals surface area (Å²) in [6.45, 7) is 12.3. The number of anilines is 1. The third kappa shape index (κ3) is 6.27. The molecule has 0 aliphatic heterocycles. The second-order valence-corrected chi connectivity index (χ2v) is 9.15. The van der Waals surface area contributed by atoms with Gasteiger partial charge in [0.05, 0.1) is 22.8 Å². The van der Waals surface area contributed by atoms with Gasteiger partial charge in [0.1, 0.15) is 0 Å². The molecular weight excluding hydrogens is 468 g/mol. The van der Waals surface area contributed by atoms with Crippen LogP contribution >= 0.6 is 0 Å². The predicted molar refractivity (Wildman–Crippen MR) is 160 cm³/mol. The Balaban J connectivity index is 1.64. The lowest BCUT2D eigenvalue weighted by Gasteiger charge is -2.13. The van der Waals surface area contributed by atoms with Gasteiger partial charge in [0.15, 0.2) is 0 Å². The average molecular weight is 505 g/mol. The van der Waals surface area contributed by atoms with Gasteiger partial charge in [-0.15, -0.1) is 0 Å². The highest BCUT2D eigenvalue weighted by Crippen LogP contribution is 2.29. The molecule has 0 saturated carbocycles. The number of fused-ring (bicyclic) bond motifs is 1. The number of H-pyrrole nitrogens is 1. The van der Waals surface area contributed by atoms with Crippen molar-refractivity contribution in [3.63, 3.8) is 0 Å². The van der Waals surface area contributed by atoms with Crippen LogP contribution in [0.4, 0.5) is 5.69 Å². The Bertz CT molecular complexity index is 1480. The topological polar surface area (TPSA) is 78.5 Å². The number of hydrogen-bond donors (Lipinski definition) is 3. The fraction of sp³-hybridized carbons (Fsp3) is 0.219. The van der Waals surface area contributed by atoms with Crippen LogP contribution in [-0.4, -0.2) is 27.0 Å². The molecule has 4 aromatic heterocycles. The van der Waals surface area contributed by atoms with E-state index in [4.69, 9.17) is 4.98 Å². The van der Waals surface area contributed by atoms with E-state index in [9.17, 15) is 0 Å². The number of aromatic amines is 1. The first kappa shape index (κ1) is 26.6. The van der Waals surface area contributed by atoms with Crippen LogP contribution in [0.1, 0.15) is 50.2 Å². The minimum atomic E-state index is 0.645. The number of nitrogens with one attached hydrogen (secondary N) is 3. The Labute approximate surface area is 225 Å². The molecule has 0 aromatic carbocycles. The minimum Gasteiger partial charge on any atom is -0.387 e. The number of allylic oxidation sites excluding steroid dienone is 5. The Morgan fingerprint density at radius 3 is 2.74 bits per heavy atom. The molecule has 0 bridgehead atoms. The molecule has 0 atom stereocenters. The van der Waals surface area contributed by atoms with E-state index >= 15 is 0 Å². The van der Waals surface area contributed by atoms with Gasteiger partial charge in [-0.25, -0.2) is 0 Å². The molecule has 0 fully saturated rings. The summed E-state index contributed by atoms with van der Waals surface area (Å²) in [5.41, 5.74) is 9.78. The monoisotopic (exact) mass is 504 g/mol. The zero-order chi connectivity index (χ0) is 26.9. The van der Waals surface area contributed by atoms with Crippen LogP contribution in [0, 0.1) is 0 Å². The van der Waals surface area contributed by atoms with Crippen molar-refractivity contribution in [3.8, 4) is 11.3 Å². The second-order valence-electron chi connectivity index (χ2n) is 9.15. The van der Waals surface area contributed by atoms with Crippen LogP contribution in [0.3, 0.4) is 0 Å². The van der Waals surface area contributed by atoms with Gasteiger partial charge >= 0.3 is 0 Å². The summed E-state index contributed by atoms with van der Waals surface area (Å²) < 4.78 is 0. The molecule has 38 heavy (non-hydrogen) atoms. The van der Waals surface area contributed by atoms with Gasteiger partial charge in [0, 0.05) is 65.6 Å². The molecule has 0 spiro atoms. The molecule has 4 aromatic rings. The lowest BCUT2D eigenvalue weighted by Crippen LogP contribution is -2.10. The quantitative estimate of drug-likeness (QED) is 0.175. The predicted octanol–water partition coefficient (Wildman–Crippen LogP) is 7.42. The molecular formula is C32H36N6. The van der Waals surface area contributed by atoms with Crippen LogP contribution in [-0.2, 0) is 6.42 Å². The SMILES string of the molecule is C=C/C(=C\C(=C/C)c1ccc(NC)c(Cc2cc3c(-c4cccnc4)nccc3[nH]2)n1)NC(=C)CCCC. The van der Waals surface area contributed by atoms with E-state index in [2.05, 4.69) is 70.0 Å². The molecule has 0 aliphatic rings. The van der Waals surface area contributed by atoms with E-state index in [1.807, 2.05) is 56.7 Å². The van der Waals surface area contributed by atoms with Crippen molar-refractivity contribution in [1.29, 1.82) is 0 Å². The first-order valence-electron chi connectivity index (χ1n) is 13.1. The first-order chi connectivity index (χ1) is 18.6. The Kier molecular flexibility index (Phi) is 8.88. The lowest BCUT2D eigenvalue weighted by atomic mass is 10.1. The maximum atomic E-state index is 5.07. The maximum absolute atomic E-state index is 5.07. The number of hydrogen-bond acceptors (Lipinski definition) is 5. The summed E-state index contributed by atoms with van der Waals surface area (Å²) >= 11 is 0. The Hall–Kier alpha value is -4.45. The van der Waals surface area contributed by atoms with Gasteiger partial charge < -0.3 is 15.6 Å². The van der Waals surface area contributed by atoms with Gasteiger partial charge in [-0.1, -0.05) is 32.6 Å². The third-order valence-corrected chi connectivity index (χ3v) is 6.43. The Morgan fingerprint density at radius 1 is 1.16 bits per heavy atom.